The van der Waals surface area contributed by atoms with Gasteiger partial charge in [-0.25, -0.2) is 4.45 Å². The fourth-order valence-electron chi connectivity index (χ4n) is 1.79. The van der Waals surface area contributed by atoms with Gasteiger partial charge in [-0.1, -0.05) is 12.1 Å². The fraction of sp³-hybridized carbons (Fsp3) is 0.182. The molecule has 2 N–H and O–H groups in total. The number of aryl methyl sites for hydroxylation is 1. The van der Waals surface area contributed by atoms with Crippen LogP contribution in [0.25, 0.3) is 11.1 Å². The van der Waals surface area contributed by atoms with E-state index in [2.05, 4.69) is 34.1 Å². The molecule has 0 saturated carbocycles. The van der Waals surface area contributed by atoms with Crippen LogP contribution in [0.4, 0.5) is 5.69 Å². The van der Waals surface area contributed by atoms with Crippen molar-refractivity contribution >= 4 is 34.1 Å². The average molecular weight is 345 g/mol. The van der Waals surface area contributed by atoms with E-state index in [9.17, 15) is 0 Å². The number of nitrogens with zero attached hydrogens (tertiary/aromatic N) is 2. The third-order valence-corrected chi connectivity index (χ3v) is 4.54. The number of nitrogen functional groups attached to an aromatic ring is 1. The van der Waals surface area contributed by atoms with Crippen molar-refractivity contribution in [2.75, 3.05) is 5.73 Å². The molecule has 1 aromatic carbocycles. The second kappa shape index (κ2) is 4.72. The Kier molecular flexibility index (Phi) is 3.50. The van der Waals surface area contributed by atoms with E-state index in [0.29, 0.717) is 6.37 Å². The molecule has 1 aromatic heterocycles. The van der Waals surface area contributed by atoms with E-state index in [1.807, 2.05) is 35.6 Å². The van der Waals surface area contributed by atoms with Crippen molar-refractivity contribution in [3.8, 4) is 11.1 Å². The molecule has 5 heteroatoms. The number of aromatic nitrogens is 2. The lowest BCUT2D eigenvalue weighted by Crippen LogP contribution is -1.87. The van der Waals surface area contributed by atoms with Crippen molar-refractivity contribution in [1.29, 1.82) is 0 Å². The second-order valence-corrected chi connectivity index (χ2v) is 5.70. The van der Waals surface area contributed by atoms with E-state index in [-0.39, 0.29) is 0 Å². The minimum atomic E-state index is 0.640. The van der Waals surface area contributed by atoms with Crippen molar-refractivity contribution in [3.63, 3.8) is 0 Å². The number of halogens is 1. The summed E-state index contributed by atoms with van der Waals surface area (Å²) in [7, 11) is 0. The Morgan fingerprint density at radius 2 is 1.88 bits per heavy atom. The number of hydrogen-bond acceptors (Lipinski definition) is 2. The molecule has 0 aliphatic heterocycles. The first-order valence-electron chi connectivity index (χ1n) is 4.92. The van der Waals surface area contributed by atoms with Crippen molar-refractivity contribution < 1.29 is 0 Å². The number of hydrogen-bond donors (Lipinski definition) is 1. The summed E-state index contributed by atoms with van der Waals surface area (Å²) >= 11 is 2.34. The van der Waals surface area contributed by atoms with Crippen molar-refractivity contribution in [2.45, 2.75) is 13.8 Å². The molecule has 0 bridgehead atoms. The van der Waals surface area contributed by atoms with Gasteiger partial charge in [0.05, 0.1) is 12.1 Å². The number of benzene rings is 1. The highest BCUT2D eigenvalue weighted by molar-refractivity contribution is 14.2. The van der Waals surface area contributed by atoms with Crippen LogP contribution in [0.1, 0.15) is 11.4 Å². The van der Waals surface area contributed by atoms with Crippen LogP contribution in [0.2, 0.25) is 0 Å². The zero-order valence-corrected chi connectivity index (χ0v) is 12.3. The first kappa shape index (κ1) is 11.9. The summed E-state index contributed by atoms with van der Waals surface area (Å²) in [6.45, 7) is 4.16. The molecule has 0 aliphatic carbocycles. The Labute approximate surface area is 110 Å². The van der Waals surface area contributed by atoms with Gasteiger partial charge in [0.25, 0.3) is 0 Å². The average Bonchev–Trinajstić information content (AvgIpc) is 2.56. The maximum Gasteiger partial charge on any atom is 0.0680 e. The first-order valence-corrected chi connectivity index (χ1v) is 8.98. The van der Waals surface area contributed by atoms with Gasteiger partial charge in [-0.3, -0.25) is 0 Å². The standard InChI is InChI=1S/C11H13IN3P/c1-7-11(8(2)15(14-7)16-12)9-3-5-10(13)6-4-9/h3-6,16H,13H2,1-2H3. The highest BCUT2D eigenvalue weighted by atomic mass is 127. The van der Waals surface area contributed by atoms with Crippen LogP contribution in [0.15, 0.2) is 24.3 Å². The Bertz CT molecular complexity index is 505. The zero-order chi connectivity index (χ0) is 11.7. The van der Waals surface area contributed by atoms with Crippen molar-refractivity contribution in [3.05, 3.63) is 35.7 Å². The monoisotopic (exact) mass is 345 g/mol. The molecule has 0 aliphatic rings. The van der Waals surface area contributed by atoms with Gasteiger partial charge in [0, 0.05) is 16.9 Å². The molecule has 0 radical (unpaired) electrons. The van der Waals surface area contributed by atoms with Gasteiger partial charge in [0.2, 0.25) is 0 Å². The molecule has 1 heterocycles. The van der Waals surface area contributed by atoms with E-state index in [0.717, 1.165) is 11.4 Å². The zero-order valence-electron chi connectivity index (χ0n) is 9.16. The topological polar surface area (TPSA) is 43.8 Å². The highest BCUT2D eigenvalue weighted by Crippen LogP contribution is 2.33. The van der Waals surface area contributed by atoms with Gasteiger partial charge in [0.1, 0.15) is 0 Å². The van der Waals surface area contributed by atoms with Gasteiger partial charge < -0.3 is 5.73 Å². The van der Waals surface area contributed by atoms with E-state index >= 15 is 0 Å². The van der Waals surface area contributed by atoms with Crippen molar-refractivity contribution in [2.24, 2.45) is 0 Å². The normalized spacial score (nSPS) is 11.4. The number of nitrogens with two attached hydrogens (primary N) is 1. The lowest BCUT2D eigenvalue weighted by molar-refractivity contribution is 0.947. The molecule has 2 rings (SSSR count). The predicted octanol–water partition coefficient (Wildman–Crippen LogP) is 3.54. The lowest BCUT2D eigenvalue weighted by Gasteiger charge is -2.03. The van der Waals surface area contributed by atoms with Gasteiger partial charge in [-0.05, 0) is 53.6 Å². The second-order valence-electron chi connectivity index (χ2n) is 3.66. The Morgan fingerprint density at radius 3 is 2.38 bits per heavy atom. The summed E-state index contributed by atoms with van der Waals surface area (Å²) in [6, 6.07) is 7.95. The molecule has 84 valence electrons. The highest BCUT2D eigenvalue weighted by Gasteiger charge is 2.12. The Hall–Kier alpha value is -0.610. The summed E-state index contributed by atoms with van der Waals surface area (Å²) in [4.78, 5) is 0. The molecule has 1 atom stereocenters. The number of rotatable bonds is 2. The van der Waals surface area contributed by atoms with Crippen LogP contribution in [-0.2, 0) is 0 Å². The first-order chi connectivity index (χ1) is 7.63. The van der Waals surface area contributed by atoms with Crippen LogP contribution < -0.4 is 5.73 Å². The third-order valence-electron chi connectivity index (χ3n) is 2.57. The van der Waals surface area contributed by atoms with Gasteiger partial charge in [-0.2, -0.15) is 5.10 Å². The fourth-order valence-corrected chi connectivity index (χ4v) is 3.63. The molecule has 0 spiro atoms. The van der Waals surface area contributed by atoms with Crippen LogP contribution >= 0.6 is 28.4 Å². The molecular formula is C11H13IN3P. The SMILES string of the molecule is Cc1nn(PI)c(C)c1-c1ccc(N)cc1. The maximum atomic E-state index is 5.69. The minimum Gasteiger partial charge on any atom is -0.399 e. The Morgan fingerprint density at radius 1 is 1.25 bits per heavy atom. The van der Waals surface area contributed by atoms with Crippen LogP contribution in [-0.4, -0.2) is 9.55 Å². The van der Waals surface area contributed by atoms with Crippen molar-refractivity contribution in [1.82, 2.24) is 9.55 Å². The third kappa shape index (κ3) is 2.09. The largest absolute Gasteiger partial charge is 0.399 e. The molecule has 0 saturated heterocycles. The van der Waals surface area contributed by atoms with E-state index in [4.69, 9.17) is 5.73 Å². The summed E-state index contributed by atoms with van der Waals surface area (Å²) in [5, 5.41) is 4.52. The summed E-state index contributed by atoms with van der Waals surface area (Å²) in [5.74, 6) is 0. The van der Waals surface area contributed by atoms with Gasteiger partial charge in [0.15, 0.2) is 0 Å². The molecule has 1 unspecified atom stereocenters. The number of anilines is 1. The van der Waals surface area contributed by atoms with Crippen LogP contribution in [0.3, 0.4) is 0 Å². The van der Waals surface area contributed by atoms with Gasteiger partial charge in [-0.15, -0.1) is 0 Å². The molecule has 3 nitrogen and oxygen atoms in total. The van der Waals surface area contributed by atoms with E-state index in [1.54, 1.807) is 0 Å². The van der Waals surface area contributed by atoms with Gasteiger partial charge >= 0.3 is 0 Å². The molecule has 0 fully saturated rings. The predicted molar refractivity (Wildman–Crippen MR) is 79.3 cm³/mol. The molecule has 2 aromatic rings. The lowest BCUT2D eigenvalue weighted by atomic mass is 10.0. The molecular weight excluding hydrogens is 332 g/mol. The summed E-state index contributed by atoms with van der Waals surface area (Å²) < 4.78 is 2.04. The molecule has 0 amide bonds. The van der Waals surface area contributed by atoms with Crippen LogP contribution in [0.5, 0.6) is 0 Å². The smallest absolute Gasteiger partial charge is 0.0680 e. The Balaban J connectivity index is 2.55. The maximum absolute atomic E-state index is 5.69. The van der Waals surface area contributed by atoms with E-state index in [1.165, 1.54) is 16.8 Å². The van der Waals surface area contributed by atoms with E-state index < -0.39 is 0 Å². The molecule has 16 heavy (non-hydrogen) atoms. The summed E-state index contributed by atoms with van der Waals surface area (Å²) in [6.07, 6.45) is 0.640. The summed E-state index contributed by atoms with van der Waals surface area (Å²) in [5.41, 5.74) is 11.2. The quantitative estimate of drug-likeness (QED) is 0.514. The minimum absolute atomic E-state index is 0.640. The van der Waals surface area contributed by atoms with Crippen LogP contribution in [0, 0.1) is 13.8 Å².